The van der Waals surface area contributed by atoms with Gasteiger partial charge in [-0.3, -0.25) is 4.79 Å². The highest BCUT2D eigenvalue weighted by molar-refractivity contribution is 9.10. The van der Waals surface area contributed by atoms with Gasteiger partial charge in [0.1, 0.15) is 11.4 Å². The molecule has 0 heterocycles. The van der Waals surface area contributed by atoms with Crippen molar-refractivity contribution < 1.29 is 13.9 Å². The summed E-state index contributed by atoms with van der Waals surface area (Å²) in [6.07, 6.45) is 3.78. The first kappa shape index (κ1) is 16.6. The molecule has 2 nitrogen and oxygen atoms in total. The summed E-state index contributed by atoms with van der Waals surface area (Å²) in [5.41, 5.74) is 0.0187. The third-order valence-corrected chi connectivity index (χ3v) is 5.28. The summed E-state index contributed by atoms with van der Waals surface area (Å²) in [5, 5.41) is 0. The molecule has 1 aliphatic rings. The van der Waals surface area contributed by atoms with E-state index in [0.29, 0.717) is 22.6 Å². The molecule has 116 valence electrons. The van der Waals surface area contributed by atoms with Crippen LogP contribution in [0.1, 0.15) is 45.1 Å². The Morgan fingerprint density at radius 3 is 2.71 bits per heavy atom. The second kappa shape index (κ2) is 7.01. The van der Waals surface area contributed by atoms with Gasteiger partial charge >= 0.3 is 0 Å². The van der Waals surface area contributed by atoms with Gasteiger partial charge in [-0.25, -0.2) is 4.39 Å². The van der Waals surface area contributed by atoms with Crippen molar-refractivity contribution in [1.29, 1.82) is 0 Å². The standard InChI is InChI=1S/C17H22BrFO2/c1-3-21-17(9-7-12(2)8-10-17)15(20)11-13-5-4-6-14(19)16(13)18/h4-6,12H,3,7-11H2,1-2H3. The topological polar surface area (TPSA) is 26.3 Å². The third kappa shape index (κ3) is 3.72. The van der Waals surface area contributed by atoms with Gasteiger partial charge in [0, 0.05) is 13.0 Å². The first-order valence-electron chi connectivity index (χ1n) is 7.58. The minimum absolute atomic E-state index is 0.0718. The van der Waals surface area contributed by atoms with E-state index in [1.807, 2.05) is 6.92 Å². The Hall–Kier alpha value is -0.740. The number of carbonyl (C=O) groups is 1. The lowest BCUT2D eigenvalue weighted by Gasteiger charge is -2.38. The molecule has 21 heavy (non-hydrogen) atoms. The number of benzene rings is 1. The fraction of sp³-hybridized carbons (Fsp3) is 0.588. The molecule has 0 aliphatic heterocycles. The van der Waals surface area contributed by atoms with Crippen molar-refractivity contribution in [2.75, 3.05) is 6.61 Å². The van der Waals surface area contributed by atoms with Crippen LogP contribution in [0, 0.1) is 11.7 Å². The highest BCUT2D eigenvalue weighted by Crippen LogP contribution is 2.36. The molecule has 0 amide bonds. The van der Waals surface area contributed by atoms with Crippen molar-refractivity contribution in [1.82, 2.24) is 0 Å². The van der Waals surface area contributed by atoms with Crippen LogP contribution in [0.3, 0.4) is 0 Å². The maximum atomic E-state index is 13.6. The highest BCUT2D eigenvalue weighted by atomic mass is 79.9. The van der Waals surface area contributed by atoms with Gasteiger partial charge in [0.2, 0.25) is 0 Å². The molecular formula is C17H22BrFO2. The first-order chi connectivity index (χ1) is 9.98. The van der Waals surface area contributed by atoms with Gasteiger partial charge in [-0.2, -0.15) is 0 Å². The van der Waals surface area contributed by atoms with E-state index in [4.69, 9.17) is 4.74 Å². The lowest BCUT2D eigenvalue weighted by molar-refractivity contribution is -0.149. The molecule has 0 atom stereocenters. The highest BCUT2D eigenvalue weighted by Gasteiger charge is 2.41. The fourth-order valence-electron chi connectivity index (χ4n) is 3.03. The van der Waals surface area contributed by atoms with Gasteiger partial charge in [0.05, 0.1) is 4.47 Å². The van der Waals surface area contributed by atoms with Crippen molar-refractivity contribution in [3.63, 3.8) is 0 Å². The van der Waals surface area contributed by atoms with E-state index in [1.54, 1.807) is 12.1 Å². The van der Waals surface area contributed by atoms with Crippen LogP contribution < -0.4 is 0 Å². The van der Waals surface area contributed by atoms with Crippen LogP contribution in [0.15, 0.2) is 22.7 Å². The monoisotopic (exact) mass is 356 g/mol. The van der Waals surface area contributed by atoms with Crippen molar-refractivity contribution in [3.8, 4) is 0 Å². The molecule has 2 rings (SSSR count). The average Bonchev–Trinajstić information content (AvgIpc) is 2.46. The molecule has 4 heteroatoms. The van der Waals surface area contributed by atoms with Gasteiger partial charge in [-0.1, -0.05) is 19.1 Å². The van der Waals surface area contributed by atoms with Crippen LogP contribution in [0.25, 0.3) is 0 Å². The maximum Gasteiger partial charge on any atom is 0.169 e. The lowest BCUT2D eigenvalue weighted by atomic mass is 9.76. The largest absolute Gasteiger partial charge is 0.367 e. The van der Waals surface area contributed by atoms with Gasteiger partial charge < -0.3 is 4.74 Å². The summed E-state index contributed by atoms with van der Waals surface area (Å²) >= 11 is 3.23. The van der Waals surface area contributed by atoms with Crippen molar-refractivity contribution in [3.05, 3.63) is 34.1 Å². The summed E-state index contributed by atoms with van der Waals surface area (Å²) in [6.45, 7) is 4.67. The number of halogens is 2. The number of carbonyl (C=O) groups excluding carboxylic acids is 1. The third-order valence-electron chi connectivity index (χ3n) is 4.39. The van der Waals surface area contributed by atoms with E-state index in [-0.39, 0.29) is 18.0 Å². The fourth-order valence-corrected chi connectivity index (χ4v) is 3.43. The Balaban J connectivity index is 2.17. The SMILES string of the molecule is CCOC1(C(=O)Cc2cccc(F)c2Br)CCC(C)CC1. The number of Topliss-reactive ketones (excluding diaryl/α,β-unsaturated/α-hetero) is 1. The molecule has 1 fully saturated rings. The van der Waals surface area contributed by atoms with Crippen molar-refractivity contribution in [2.45, 2.75) is 51.6 Å². The molecule has 0 bridgehead atoms. The quantitative estimate of drug-likeness (QED) is 0.765. The normalized spacial score (nSPS) is 25.8. The predicted molar refractivity (Wildman–Crippen MR) is 84.8 cm³/mol. The maximum absolute atomic E-state index is 13.6. The summed E-state index contributed by atoms with van der Waals surface area (Å²) in [6, 6.07) is 4.81. The van der Waals surface area contributed by atoms with E-state index in [0.717, 1.165) is 25.7 Å². The minimum Gasteiger partial charge on any atom is -0.367 e. The second-order valence-electron chi connectivity index (χ2n) is 5.92. The smallest absolute Gasteiger partial charge is 0.169 e. The zero-order chi connectivity index (χ0) is 15.5. The van der Waals surface area contributed by atoms with Crippen molar-refractivity contribution >= 4 is 21.7 Å². The van der Waals surface area contributed by atoms with E-state index in [2.05, 4.69) is 22.9 Å². The molecule has 1 aliphatic carbocycles. The van der Waals surface area contributed by atoms with Crippen LogP contribution in [0.2, 0.25) is 0 Å². The van der Waals surface area contributed by atoms with Gasteiger partial charge in [-0.05, 0) is 66.1 Å². The number of ketones is 1. The molecule has 1 saturated carbocycles. The zero-order valence-electron chi connectivity index (χ0n) is 12.6. The van der Waals surface area contributed by atoms with E-state index in [1.165, 1.54) is 6.07 Å². The van der Waals surface area contributed by atoms with E-state index in [9.17, 15) is 9.18 Å². The molecular weight excluding hydrogens is 335 g/mol. The summed E-state index contributed by atoms with van der Waals surface area (Å²) < 4.78 is 19.8. The molecule has 0 saturated heterocycles. The van der Waals surface area contributed by atoms with Gasteiger partial charge in [0.15, 0.2) is 5.78 Å². The number of ether oxygens (including phenoxy) is 1. The van der Waals surface area contributed by atoms with Gasteiger partial charge in [-0.15, -0.1) is 0 Å². The summed E-state index contributed by atoms with van der Waals surface area (Å²) in [5.74, 6) is 0.387. The number of rotatable bonds is 5. The van der Waals surface area contributed by atoms with Crippen LogP contribution in [-0.2, 0) is 16.0 Å². The Morgan fingerprint density at radius 1 is 1.43 bits per heavy atom. The molecule has 1 aromatic rings. The Labute approximate surface area is 134 Å². The van der Waals surface area contributed by atoms with E-state index >= 15 is 0 Å². The molecule has 1 aromatic carbocycles. The van der Waals surface area contributed by atoms with Crippen molar-refractivity contribution in [2.24, 2.45) is 5.92 Å². The zero-order valence-corrected chi connectivity index (χ0v) is 14.2. The number of hydrogen-bond donors (Lipinski definition) is 0. The van der Waals surface area contributed by atoms with E-state index < -0.39 is 5.60 Å². The Kier molecular flexibility index (Phi) is 5.55. The summed E-state index contributed by atoms with van der Waals surface area (Å²) in [7, 11) is 0. The molecule has 0 unspecified atom stereocenters. The van der Waals surface area contributed by atoms with Crippen LogP contribution in [0.4, 0.5) is 4.39 Å². The Morgan fingerprint density at radius 2 is 2.10 bits per heavy atom. The minimum atomic E-state index is -0.674. The number of hydrogen-bond acceptors (Lipinski definition) is 2. The molecule has 0 N–H and O–H groups in total. The second-order valence-corrected chi connectivity index (χ2v) is 6.72. The lowest BCUT2D eigenvalue weighted by Crippen LogP contribution is -2.45. The average molecular weight is 357 g/mol. The predicted octanol–water partition coefficient (Wildman–Crippen LogP) is 4.69. The summed E-state index contributed by atoms with van der Waals surface area (Å²) in [4.78, 5) is 12.8. The van der Waals surface area contributed by atoms with Crippen LogP contribution >= 0.6 is 15.9 Å². The van der Waals surface area contributed by atoms with Gasteiger partial charge in [0.25, 0.3) is 0 Å². The molecule has 0 aromatic heterocycles. The van der Waals surface area contributed by atoms with Crippen LogP contribution in [0.5, 0.6) is 0 Å². The Bertz CT molecular complexity index is 508. The first-order valence-corrected chi connectivity index (χ1v) is 8.38. The molecule has 0 radical (unpaired) electrons. The van der Waals surface area contributed by atoms with Crippen LogP contribution in [-0.4, -0.2) is 18.0 Å². The molecule has 0 spiro atoms.